The Bertz CT molecular complexity index is 1340. The van der Waals surface area contributed by atoms with Gasteiger partial charge in [0.1, 0.15) is 5.56 Å². The van der Waals surface area contributed by atoms with Crippen LogP contribution in [-0.4, -0.2) is 34.9 Å². The van der Waals surface area contributed by atoms with E-state index in [0.717, 1.165) is 35.7 Å². The average molecular weight is 528 g/mol. The van der Waals surface area contributed by atoms with Gasteiger partial charge in [-0.25, -0.2) is 15.3 Å². The normalized spacial score (nSPS) is 20.5. The van der Waals surface area contributed by atoms with E-state index in [1.165, 1.54) is 55.3 Å². The zero-order valence-electron chi connectivity index (χ0n) is 23.3. The van der Waals surface area contributed by atoms with E-state index >= 15 is 0 Å². The topological polar surface area (TPSA) is 99.4 Å². The molecule has 39 heavy (non-hydrogen) atoms. The highest BCUT2D eigenvalue weighted by Gasteiger charge is 2.45. The molecule has 2 aliphatic carbocycles. The van der Waals surface area contributed by atoms with Gasteiger partial charge in [0.2, 0.25) is 0 Å². The monoisotopic (exact) mass is 527 g/mol. The van der Waals surface area contributed by atoms with Crippen molar-refractivity contribution in [2.75, 3.05) is 14.2 Å². The molecule has 4 N–H and O–H groups in total. The zero-order chi connectivity index (χ0) is 27.5. The van der Waals surface area contributed by atoms with Crippen molar-refractivity contribution < 1.29 is 9.53 Å². The molecule has 2 saturated carbocycles. The summed E-state index contributed by atoms with van der Waals surface area (Å²) in [7, 11) is 3.14. The Morgan fingerprint density at radius 1 is 1.15 bits per heavy atom. The van der Waals surface area contributed by atoms with Gasteiger partial charge in [-0.2, -0.15) is 5.10 Å². The number of hydrogen-bond donors (Lipinski definition) is 2. The largest absolute Gasteiger partial charge is 0.465 e. The van der Waals surface area contributed by atoms with Crippen molar-refractivity contribution >= 4 is 5.97 Å². The van der Waals surface area contributed by atoms with Crippen LogP contribution < -0.4 is 11.6 Å². The van der Waals surface area contributed by atoms with Crippen molar-refractivity contribution in [3.63, 3.8) is 0 Å². The van der Waals surface area contributed by atoms with Crippen molar-refractivity contribution in [1.29, 1.82) is 0 Å². The van der Waals surface area contributed by atoms with Gasteiger partial charge in [-0.1, -0.05) is 75.4 Å². The highest BCUT2D eigenvalue weighted by molar-refractivity contribution is 5.91. The summed E-state index contributed by atoms with van der Waals surface area (Å²) < 4.78 is 6.95. The number of allylic oxidation sites excluding steroid dienone is 1. The van der Waals surface area contributed by atoms with Crippen LogP contribution in [-0.2, 0) is 11.2 Å². The second-order valence-electron chi connectivity index (χ2n) is 11.4. The van der Waals surface area contributed by atoms with Crippen molar-refractivity contribution in [3.05, 3.63) is 83.4 Å². The maximum absolute atomic E-state index is 12.6. The van der Waals surface area contributed by atoms with Gasteiger partial charge in [0.05, 0.1) is 24.7 Å². The summed E-state index contributed by atoms with van der Waals surface area (Å²) in [5.74, 6) is 7.08. The third kappa shape index (κ3) is 6.04. The van der Waals surface area contributed by atoms with E-state index in [1.54, 1.807) is 19.4 Å². The van der Waals surface area contributed by atoms with Crippen LogP contribution in [0.1, 0.15) is 73.0 Å². The van der Waals surface area contributed by atoms with Gasteiger partial charge in [0, 0.05) is 30.8 Å². The Balaban J connectivity index is 1.43. The molecule has 7 nitrogen and oxygen atoms in total. The summed E-state index contributed by atoms with van der Waals surface area (Å²) in [5, 5.41) is 6.09. The Labute approximate surface area is 231 Å². The molecule has 0 saturated heterocycles. The molecule has 3 aromatic rings. The van der Waals surface area contributed by atoms with Crippen LogP contribution in [0.5, 0.6) is 0 Å². The molecule has 2 fully saturated rings. The molecule has 2 aliphatic rings. The lowest BCUT2D eigenvalue weighted by Gasteiger charge is -2.27. The standard InChI is InChI=1S/C32H41N5O2/c1-21(23-10-5-4-6-11-23)15-22-9-7-12-24(16-22)25-13-8-14-26(17-25)37-31(29(19-35-37)32(38)39-3)28-18-27(28)30(33)20-36(2)34/h7-9,12-14,16-17,19-21,23,27-28H,4-6,10-11,15,18,33-34H2,1-3H3/b30-20-/t21?,27?,28-/m1/s1. The maximum atomic E-state index is 12.6. The number of carbonyl (C=O) groups is 1. The minimum atomic E-state index is -0.392. The Morgan fingerprint density at radius 3 is 2.59 bits per heavy atom. The SMILES string of the molecule is COC(=O)c1cnn(-c2cccc(-c3cccc(CC(C)C4CCCCC4)c3)c2)c1[C@@H]1CC1/C(N)=C/N(C)N. The van der Waals surface area contributed by atoms with Crippen LogP contribution in [0.2, 0.25) is 0 Å². The van der Waals surface area contributed by atoms with E-state index in [1.807, 2.05) is 16.8 Å². The van der Waals surface area contributed by atoms with Crippen LogP contribution >= 0.6 is 0 Å². The van der Waals surface area contributed by atoms with E-state index < -0.39 is 5.97 Å². The minimum Gasteiger partial charge on any atom is -0.465 e. The lowest BCUT2D eigenvalue weighted by Crippen LogP contribution is -2.21. The molecule has 3 atom stereocenters. The summed E-state index contributed by atoms with van der Waals surface area (Å²) in [4.78, 5) is 12.6. The molecule has 1 heterocycles. The summed E-state index contributed by atoms with van der Waals surface area (Å²) in [6.07, 6.45) is 12.2. The van der Waals surface area contributed by atoms with Gasteiger partial charge in [0.15, 0.2) is 0 Å². The molecule has 206 valence electrons. The number of esters is 1. The number of methoxy groups -OCH3 is 1. The van der Waals surface area contributed by atoms with Gasteiger partial charge in [-0.15, -0.1) is 0 Å². The summed E-state index contributed by atoms with van der Waals surface area (Å²) in [5.41, 5.74) is 12.9. The molecular weight excluding hydrogens is 486 g/mol. The molecular formula is C32H41N5O2. The van der Waals surface area contributed by atoms with Crippen LogP contribution in [0.4, 0.5) is 0 Å². The van der Waals surface area contributed by atoms with E-state index in [9.17, 15) is 4.79 Å². The van der Waals surface area contributed by atoms with Crippen molar-refractivity contribution in [2.45, 2.75) is 57.8 Å². The number of hydrogen-bond acceptors (Lipinski definition) is 6. The average Bonchev–Trinajstić information content (AvgIpc) is 3.63. The predicted octanol–water partition coefficient (Wildman–Crippen LogP) is 5.79. The number of nitrogens with two attached hydrogens (primary N) is 2. The third-order valence-corrected chi connectivity index (χ3v) is 8.50. The number of nitrogens with zero attached hydrogens (tertiary/aromatic N) is 3. The smallest absolute Gasteiger partial charge is 0.341 e. The van der Waals surface area contributed by atoms with Crippen LogP contribution in [0, 0.1) is 17.8 Å². The van der Waals surface area contributed by atoms with Gasteiger partial charge in [-0.3, -0.25) is 0 Å². The molecule has 2 aromatic carbocycles. The second kappa shape index (κ2) is 11.7. The van der Waals surface area contributed by atoms with E-state index in [0.29, 0.717) is 17.2 Å². The highest BCUT2D eigenvalue weighted by atomic mass is 16.5. The summed E-state index contributed by atoms with van der Waals surface area (Å²) >= 11 is 0. The molecule has 0 bridgehead atoms. The van der Waals surface area contributed by atoms with Crippen molar-refractivity contribution in [1.82, 2.24) is 14.8 Å². The Kier molecular flexibility index (Phi) is 8.07. The first-order valence-corrected chi connectivity index (χ1v) is 14.2. The highest BCUT2D eigenvalue weighted by Crippen LogP contribution is 2.52. The fourth-order valence-electron chi connectivity index (χ4n) is 6.32. The van der Waals surface area contributed by atoms with E-state index in [4.69, 9.17) is 16.3 Å². The summed E-state index contributed by atoms with van der Waals surface area (Å²) in [6.45, 7) is 2.42. The number of rotatable bonds is 9. The van der Waals surface area contributed by atoms with Gasteiger partial charge < -0.3 is 15.5 Å². The molecule has 0 spiro atoms. The van der Waals surface area contributed by atoms with Gasteiger partial charge >= 0.3 is 5.97 Å². The predicted molar refractivity (Wildman–Crippen MR) is 155 cm³/mol. The lowest BCUT2D eigenvalue weighted by molar-refractivity contribution is 0.0599. The first-order chi connectivity index (χ1) is 18.9. The Hall–Kier alpha value is -3.58. The molecule has 2 unspecified atom stereocenters. The van der Waals surface area contributed by atoms with Crippen molar-refractivity contribution in [3.8, 4) is 16.8 Å². The molecule has 5 rings (SSSR count). The number of aromatic nitrogens is 2. The lowest BCUT2D eigenvalue weighted by atomic mass is 9.78. The van der Waals surface area contributed by atoms with Crippen LogP contribution in [0.3, 0.4) is 0 Å². The number of ether oxygens (including phenoxy) is 1. The first-order valence-electron chi connectivity index (χ1n) is 14.2. The number of carbonyl (C=O) groups excluding carboxylic acids is 1. The summed E-state index contributed by atoms with van der Waals surface area (Å²) in [6, 6.07) is 17.3. The van der Waals surface area contributed by atoms with E-state index in [2.05, 4.69) is 48.4 Å². The third-order valence-electron chi connectivity index (χ3n) is 8.50. The Morgan fingerprint density at radius 2 is 1.87 bits per heavy atom. The van der Waals surface area contributed by atoms with Crippen molar-refractivity contribution in [2.24, 2.45) is 29.3 Å². The molecule has 1 aromatic heterocycles. The number of hydrazine groups is 1. The van der Waals surface area contributed by atoms with Gasteiger partial charge in [0.25, 0.3) is 0 Å². The fourth-order valence-corrected chi connectivity index (χ4v) is 6.32. The van der Waals surface area contributed by atoms with Crippen LogP contribution in [0.25, 0.3) is 16.8 Å². The van der Waals surface area contributed by atoms with Gasteiger partial charge in [-0.05, 0) is 53.5 Å². The first kappa shape index (κ1) is 27.0. The molecule has 0 aliphatic heterocycles. The minimum absolute atomic E-state index is 0.0612. The fraction of sp³-hybridized carbons (Fsp3) is 0.438. The number of benzene rings is 2. The second-order valence-corrected chi connectivity index (χ2v) is 11.4. The molecule has 0 radical (unpaired) electrons. The zero-order valence-corrected chi connectivity index (χ0v) is 23.3. The quantitative estimate of drug-likeness (QED) is 0.207. The van der Waals surface area contributed by atoms with Crippen LogP contribution in [0.15, 0.2) is 66.6 Å². The molecule has 7 heteroatoms. The van der Waals surface area contributed by atoms with E-state index in [-0.39, 0.29) is 11.8 Å². The maximum Gasteiger partial charge on any atom is 0.341 e. The molecule has 0 amide bonds.